The number of pyridine rings is 1. The highest BCUT2D eigenvalue weighted by molar-refractivity contribution is 5.72. The number of ether oxygens (including phenoxy) is 1. The summed E-state index contributed by atoms with van der Waals surface area (Å²) in [6.07, 6.45) is 3.81. The lowest BCUT2D eigenvalue weighted by molar-refractivity contribution is 0.393. The topological polar surface area (TPSA) is 64.6 Å². The van der Waals surface area contributed by atoms with E-state index in [1.807, 2.05) is 13.8 Å². The van der Waals surface area contributed by atoms with Crippen molar-refractivity contribution >= 4 is 11.5 Å². The van der Waals surface area contributed by atoms with Gasteiger partial charge in [-0.05, 0) is 82.3 Å². The number of hydrogen-bond donors (Lipinski definition) is 1. The second-order valence-electron chi connectivity index (χ2n) is 8.35. The van der Waals surface area contributed by atoms with E-state index in [4.69, 9.17) is 14.2 Å². The summed E-state index contributed by atoms with van der Waals surface area (Å²) in [5, 5.41) is 7.68. The maximum Gasteiger partial charge on any atom is 0.141 e. The zero-order valence-corrected chi connectivity index (χ0v) is 19.1. The summed E-state index contributed by atoms with van der Waals surface area (Å²) in [5.41, 5.74) is 7.36. The van der Waals surface area contributed by atoms with E-state index < -0.39 is 0 Å². The highest BCUT2D eigenvalue weighted by Crippen LogP contribution is 2.30. The molecule has 0 saturated heterocycles. The van der Waals surface area contributed by atoms with Crippen molar-refractivity contribution < 1.29 is 9.26 Å². The summed E-state index contributed by atoms with van der Waals surface area (Å²) >= 11 is 0. The van der Waals surface area contributed by atoms with Gasteiger partial charge < -0.3 is 14.6 Å². The average Bonchev–Trinajstić information content (AvgIpc) is 3.25. The van der Waals surface area contributed by atoms with E-state index in [-0.39, 0.29) is 0 Å². The molecule has 0 saturated carbocycles. The monoisotopic (exact) mass is 418 g/mol. The lowest BCUT2D eigenvalue weighted by atomic mass is 10.1. The zero-order valence-electron chi connectivity index (χ0n) is 19.1. The van der Waals surface area contributed by atoms with Gasteiger partial charge in [0.15, 0.2) is 0 Å². The largest absolute Gasteiger partial charge is 0.496 e. The summed E-state index contributed by atoms with van der Waals surface area (Å²) in [6, 6.07) is 10.9. The van der Waals surface area contributed by atoms with Gasteiger partial charge in [0.05, 0.1) is 18.5 Å². The SMILES string of the molecule is COc1cc(CCc2nc3cc(-c4c(C)noc4C)ccn3c2NC(C)C)ccc1C. The number of aromatic nitrogens is 3. The van der Waals surface area contributed by atoms with Crippen LogP contribution in [0.1, 0.15) is 42.1 Å². The predicted molar refractivity (Wildman–Crippen MR) is 124 cm³/mol. The van der Waals surface area contributed by atoms with Crippen molar-refractivity contribution in [1.82, 2.24) is 14.5 Å². The first kappa shape index (κ1) is 21.0. The molecular formula is C25H30N4O2. The molecule has 1 N–H and O–H groups in total. The van der Waals surface area contributed by atoms with Crippen LogP contribution in [-0.2, 0) is 12.8 Å². The van der Waals surface area contributed by atoms with Gasteiger partial charge in [0.2, 0.25) is 0 Å². The number of benzene rings is 1. The highest BCUT2D eigenvalue weighted by Gasteiger charge is 2.17. The molecule has 31 heavy (non-hydrogen) atoms. The van der Waals surface area contributed by atoms with Crippen molar-refractivity contribution in [2.24, 2.45) is 0 Å². The third kappa shape index (κ3) is 4.15. The van der Waals surface area contributed by atoms with E-state index in [2.05, 4.69) is 72.2 Å². The van der Waals surface area contributed by atoms with Gasteiger partial charge in [-0.15, -0.1) is 0 Å². The van der Waals surface area contributed by atoms with E-state index in [1.165, 1.54) is 5.56 Å². The number of hydrogen-bond acceptors (Lipinski definition) is 5. The molecule has 3 aromatic heterocycles. The van der Waals surface area contributed by atoms with Gasteiger partial charge in [-0.3, -0.25) is 4.40 Å². The van der Waals surface area contributed by atoms with Crippen LogP contribution in [0.2, 0.25) is 0 Å². The molecule has 0 bridgehead atoms. The Morgan fingerprint density at radius 2 is 1.90 bits per heavy atom. The van der Waals surface area contributed by atoms with Crippen LogP contribution in [-0.4, -0.2) is 27.7 Å². The molecule has 162 valence electrons. The molecule has 4 rings (SSSR count). The Hall–Kier alpha value is -3.28. The first-order valence-corrected chi connectivity index (χ1v) is 10.7. The maximum atomic E-state index is 5.49. The fourth-order valence-electron chi connectivity index (χ4n) is 4.03. The van der Waals surface area contributed by atoms with E-state index in [0.29, 0.717) is 6.04 Å². The summed E-state index contributed by atoms with van der Waals surface area (Å²) in [5.74, 6) is 2.80. The number of aryl methyl sites for hydroxylation is 5. The van der Waals surface area contributed by atoms with Crippen molar-refractivity contribution in [3.8, 4) is 16.9 Å². The lowest BCUT2D eigenvalue weighted by Crippen LogP contribution is -2.13. The Balaban J connectivity index is 1.70. The van der Waals surface area contributed by atoms with Crippen LogP contribution >= 0.6 is 0 Å². The van der Waals surface area contributed by atoms with Gasteiger partial charge in [0, 0.05) is 17.8 Å². The molecule has 0 radical (unpaired) electrons. The van der Waals surface area contributed by atoms with Crippen LogP contribution in [0.4, 0.5) is 5.82 Å². The van der Waals surface area contributed by atoms with Gasteiger partial charge in [-0.25, -0.2) is 4.98 Å². The number of nitrogens with zero attached hydrogens (tertiary/aromatic N) is 3. The minimum atomic E-state index is 0.306. The van der Waals surface area contributed by atoms with Crippen LogP contribution in [0.25, 0.3) is 16.8 Å². The molecule has 6 nitrogen and oxygen atoms in total. The molecule has 0 atom stereocenters. The summed E-state index contributed by atoms with van der Waals surface area (Å²) in [7, 11) is 1.72. The fraction of sp³-hybridized carbons (Fsp3) is 0.360. The Bertz CT molecular complexity index is 1200. The third-order valence-corrected chi connectivity index (χ3v) is 5.57. The number of rotatable bonds is 7. The molecule has 0 fully saturated rings. The molecule has 0 amide bonds. The fourth-order valence-corrected chi connectivity index (χ4v) is 4.03. The maximum absolute atomic E-state index is 5.49. The number of nitrogens with one attached hydrogen (secondary N) is 1. The highest BCUT2D eigenvalue weighted by atomic mass is 16.5. The van der Waals surface area contributed by atoms with Crippen molar-refractivity contribution in [1.29, 1.82) is 0 Å². The van der Waals surface area contributed by atoms with Gasteiger partial charge >= 0.3 is 0 Å². The average molecular weight is 419 g/mol. The standard InChI is InChI=1S/C25H30N4O2/c1-15(2)26-25-21(10-9-19-8-7-16(3)22(13-19)30-6)27-23-14-20(11-12-29(23)25)24-17(4)28-31-18(24)5/h7-8,11-15,26H,9-10H2,1-6H3. The Morgan fingerprint density at radius 3 is 2.58 bits per heavy atom. The Labute approximate surface area is 183 Å². The van der Waals surface area contributed by atoms with E-state index in [1.54, 1.807) is 7.11 Å². The molecule has 0 aliphatic carbocycles. The second kappa shape index (κ2) is 8.46. The number of anilines is 1. The van der Waals surface area contributed by atoms with Crippen LogP contribution in [0.3, 0.4) is 0 Å². The van der Waals surface area contributed by atoms with Crippen molar-refractivity contribution in [2.75, 3.05) is 12.4 Å². The molecule has 0 aliphatic heterocycles. The van der Waals surface area contributed by atoms with E-state index in [9.17, 15) is 0 Å². The Morgan fingerprint density at radius 1 is 1.10 bits per heavy atom. The Kier molecular flexibility index (Phi) is 5.72. The smallest absolute Gasteiger partial charge is 0.141 e. The molecule has 0 aliphatic rings. The molecule has 1 aromatic carbocycles. The molecular weight excluding hydrogens is 388 g/mol. The summed E-state index contributed by atoms with van der Waals surface area (Å²) < 4.78 is 13.0. The van der Waals surface area contributed by atoms with Crippen LogP contribution in [0.15, 0.2) is 41.1 Å². The van der Waals surface area contributed by atoms with E-state index in [0.717, 1.165) is 63.9 Å². The first-order chi connectivity index (χ1) is 14.9. The van der Waals surface area contributed by atoms with Gasteiger partial charge in [-0.2, -0.15) is 0 Å². The second-order valence-corrected chi connectivity index (χ2v) is 8.35. The minimum absolute atomic E-state index is 0.306. The van der Waals surface area contributed by atoms with E-state index >= 15 is 0 Å². The number of imidazole rings is 1. The van der Waals surface area contributed by atoms with Gasteiger partial charge in [-0.1, -0.05) is 17.3 Å². The normalized spacial score (nSPS) is 11.5. The summed E-state index contributed by atoms with van der Waals surface area (Å²) in [6.45, 7) is 10.3. The van der Waals surface area contributed by atoms with Gasteiger partial charge in [0.1, 0.15) is 23.0 Å². The van der Waals surface area contributed by atoms with Crippen molar-refractivity contribution in [3.05, 3.63) is 64.8 Å². The van der Waals surface area contributed by atoms with Gasteiger partial charge in [0.25, 0.3) is 0 Å². The van der Waals surface area contributed by atoms with Crippen molar-refractivity contribution in [2.45, 2.75) is 53.5 Å². The van der Waals surface area contributed by atoms with Crippen LogP contribution < -0.4 is 10.1 Å². The zero-order chi connectivity index (χ0) is 22.1. The first-order valence-electron chi connectivity index (χ1n) is 10.7. The summed E-state index contributed by atoms with van der Waals surface area (Å²) in [4.78, 5) is 4.99. The third-order valence-electron chi connectivity index (χ3n) is 5.57. The molecule has 3 heterocycles. The minimum Gasteiger partial charge on any atom is -0.496 e. The molecule has 4 aromatic rings. The lowest BCUT2D eigenvalue weighted by Gasteiger charge is -2.12. The van der Waals surface area contributed by atoms with Crippen LogP contribution in [0.5, 0.6) is 5.75 Å². The molecule has 0 unspecified atom stereocenters. The molecule has 0 spiro atoms. The van der Waals surface area contributed by atoms with Crippen LogP contribution in [0, 0.1) is 20.8 Å². The predicted octanol–water partition coefficient (Wildman–Crippen LogP) is 5.53. The quantitative estimate of drug-likeness (QED) is 0.428. The number of methoxy groups -OCH3 is 1. The number of fused-ring (bicyclic) bond motifs is 1. The molecule has 6 heteroatoms. The van der Waals surface area contributed by atoms with Crippen molar-refractivity contribution in [3.63, 3.8) is 0 Å².